The molecule has 1 aromatic carbocycles. The normalized spacial score (nSPS) is 16.5. The van der Waals surface area contributed by atoms with Gasteiger partial charge in [-0.25, -0.2) is 0 Å². The predicted octanol–water partition coefficient (Wildman–Crippen LogP) is 1.16. The van der Waals surface area contributed by atoms with Crippen LogP contribution in [0.2, 0.25) is 0 Å². The second-order valence-electron chi connectivity index (χ2n) is 6.54. The zero-order chi connectivity index (χ0) is 17.7. The number of amides is 3. The Hall–Kier alpha value is -2.37. The molecule has 1 heterocycles. The van der Waals surface area contributed by atoms with Crippen molar-refractivity contribution in [1.29, 1.82) is 0 Å². The average Bonchev–Trinajstić information content (AvgIpc) is 2.54. The predicted molar refractivity (Wildman–Crippen MR) is 91.0 cm³/mol. The molecule has 1 aromatic rings. The summed E-state index contributed by atoms with van der Waals surface area (Å²) in [6, 6.07) is 9.68. The number of carbonyl (C=O) groups excluding carboxylic acids is 3. The van der Waals surface area contributed by atoms with E-state index < -0.39 is 5.54 Å². The summed E-state index contributed by atoms with van der Waals surface area (Å²) >= 11 is 0. The number of benzene rings is 1. The van der Waals surface area contributed by atoms with Crippen molar-refractivity contribution in [1.82, 2.24) is 15.1 Å². The highest BCUT2D eigenvalue weighted by Crippen LogP contribution is 2.19. The summed E-state index contributed by atoms with van der Waals surface area (Å²) in [5.74, 6) is -0.314. The van der Waals surface area contributed by atoms with E-state index in [0.717, 1.165) is 5.56 Å². The first-order chi connectivity index (χ1) is 11.3. The Bertz CT molecular complexity index is 613. The first-order valence-electron chi connectivity index (χ1n) is 8.20. The van der Waals surface area contributed by atoms with Crippen LogP contribution in [0.15, 0.2) is 30.3 Å². The van der Waals surface area contributed by atoms with E-state index in [1.165, 1.54) is 6.92 Å². The minimum atomic E-state index is -0.851. The molecule has 24 heavy (non-hydrogen) atoms. The van der Waals surface area contributed by atoms with Crippen LogP contribution in [-0.2, 0) is 20.9 Å². The fourth-order valence-electron chi connectivity index (χ4n) is 2.85. The molecular weight excluding hydrogens is 306 g/mol. The van der Waals surface area contributed by atoms with Gasteiger partial charge in [-0.15, -0.1) is 0 Å². The van der Waals surface area contributed by atoms with E-state index in [1.54, 1.807) is 23.6 Å². The van der Waals surface area contributed by atoms with E-state index in [1.807, 2.05) is 30.3 Å². The van der Waals surface area contributed by atoms with Crippen LogP contribution in [0.25, 0.3) is 0 Å². The van der Waals surface area contributed by atoms with Crippen LogP contribution in [0.3, 0.4) is 0 Å². The molecule has 0 unspecified atom stereocenters. The summed E-state index contributed by atoms with van der Waals surface area (Å²) in [7, 11) is 0. The maximum atomic E-state index is 12.5. The lowest BCUT2D eigenvalue weighted by atomic mass is 9.98. The van der Waals surface area contributed by atoms with Gasteiger partial charge in [-0.05, 0) is 19.4 Å². The maximum Gasteiger partial charge on any atom is 0.245 e. The molecule has 2 rings (SSSR count). The number of hydrogen-bond donors (Lipinski definition) is 1. The quantitative estimate of drug-likeness (QED) is 0.880. The number of piperazine rings is 1. The molecule has 1 N–H and O–H groups in total. The molecule has 1 fully saturated rings. The van der Waals surface area contributed by atoms with Gasteiger partial charge in [0.1, 0.15) is 5.54 Å². The molecule has 1 saturated heterocycles. The lowest BCUT2D eigenvalue weighted by Crippen LogP contribution is -2.63. The van der Waals surface area contributed by atoms with Crippen molar-refractivity contribution in [2.75, 3.05) is 19.6 Å². The third-order valence-corrected chi connectivity index (χ3v) is 4.41. The Morgan fingerprint density at radius 2 is 1.92 bits per heavy atom. The van der Waals surface area contributed by atoms with Crippen LogP contribution in [0.5, 0.6) is 0 Å². The van der Waals surface area contributed by atoms with Crippen LogP contribution >= 0.6 is 0 Å². The first-order valence-corrected chi connectivity index (χ1v) is 8.20. The van der Waals surface area contributed by atoms with Crippen molar-refractivity contribution < 1.29 is 14.4 Å². The SMILES string of the molecule is CC(=O)N(CCC(=O)N1CCNC(=O)C1(C)C)Cc1ccccc1. The van der Waals surface area contributed by atoms with Gasteiger partial charge >= 0.3 is 0 Å². The van der Waals surface area contributed by atoms with Crippen molar-refractivity contribution in [3.63, 3.8) is 0 Å². The maximum absolute atomic E-state index is 12.5. The van der Waals surface area contributed by atoms with Gasteiger partial charge in [0.25, 0.3) is 0 Å². The van der Waals surface area contributed by atoms with Crippen LogP contribution in [0.4, 0.5) is 0 Å². The van der Waals surface area contributed by atoms with Gasteiger partial charge < -0.3 is 15.1 Å². The van der Waals surface area contributed by atoms with E-state index in [0.29, 0.717) is 26.2 Å². The molecule has 1 aliphatic rings. The van der Waals surface area contributed by atoms with Crippen molar-refractivity contribution in [3.05, 3.63) is 35.9 Å². The van der Waals surface area contributed by atoms with Crippen molar-refractivity contribution in [2.24, 2.45) is 0 Å². The third kappa shape index (κ3) is 4.13. The topological polar surface area (TPSA) is 69.7 Å². The second-order valence-corrected chi connectivity index (χ2v) is 6.54. The van der Waals surface area contributed by atoms with E-state index in [2.05, 4.69) is 5.32 Å². The summed E-state index contributed by atoms with van der Waals surface area (Å²) in [4.78, 5) is 39.6. The van der Waals surface area contributed by atoms with Gasteiger partial charge in [-0.3, -0.25) is 14.4 Å². The molecule has 1 aliphatic heterocycles. The fraction of sp³-hybridized carbons (Fsp3) is 0.500. The van der Waals surface area contributed by atoms with Gasteiger partial charge in [0, 0.05) is 39.5 Å². The highest BCUT2D eigenvalue weighted by molar-refractivity contribution is 5.92. The zero-order valence-electron chi connectivity index (χ0n) is 14.5. The molecule has 3 amide bonds. The Labute approximate surface area is 142 Å². The van der Waals surface area contributed by atoms with Crippen LogP contribution < -0.4 is 5.32 Å². The molecule has 0 spiro atoms. The number of nitrogens with zero attached hydrogens (tertiary/aromatic N) is 2. The largest absolute Gasteiger partial charge is 0.352 e. The third-order valence-electron chi connectivity index (χ3n) is 4.41. The van der Waals surface area contributed by atoms with Crippen LogP contribution in [-0.4, -0.2) is 52.7 Å². The lowest BCUT2D eigenvalue weighted by Gasteiger charge is -2.41. The Morgan fingerprint density at radius 3 is 2.54 bits per heavy atom. The molecule has 0 atom stereocenters. The van der Waals surface area contributed by atoms with Crippen molar-refractivity contribution in [3.8, 4) is 0 Å². The van der Waals surface area contributed by atoms with Crippen LogP contribution in [0, 0.1) is 0 Å². The van der Waals surface area contributed by atoms with Gasteiger partial charge in [-0.2, -0.15) is 0 Å². The molecule has 0 bridgehead atoms. The molecule has 6 nitrogen and oxygen atoms in total. The van der Waals surface area contributed by atoms with Gasteiger partial charge in [-0.1, -0.05) is 30.3 Å². The molecule has 0 aromatic heterocycles. The summed E-state index contributed by atoms with van der Waals surface area (Å²) < 4.78 is 0. The van der Waals surface area contributed by atoms with E-state index in [9.17, 15) is 14.4 Å². The lowest BCUT2D eigenvalue weighted by molar-refractivity contribution is -0.149. The van der Waals surface area contributed by atoms with E-state index in [-0.39, 0.29) is 24.1 Å². The first kappa shape index (κ1) is 18.0. The highest BCUT2D eigenvalue weighted by Gasteiger charge is 2.40. The highest BCUT2D eigenvalue weighted by atomic mass is 16.2. The number of carbonyl (C=O) groups is 3. The smallest absolute Gasteiger partial charge is 0.245 e. The van der Waals surface area contributed by atoms with E-state index in [4.69, 9.17) is 0 Å². The van der Waals surface area contributed by atoms with Gasteiger partial charge in [0.2, 0.25) is 17.7 Å². The minimum absolute atomic E-state index is 0.0673. The average molecular weight is 331 g/mol. The van der Waals surface area contributed by atoms with Crippen molar-refractivity contribution in [2.45, 2.75) is 39.3 Å². The molecule has 130 valence electrons. The molecule has 0 radical (unpaired) electrons. The summed E-state index contributed by atoms with van der Waals surface area (Å²) in [5.41, 5.74) is 0.174. The fourth-order valence-corrected chi connectivity index (χ4v) is 2.85. The zero-order valence-corrected chi connectivity index (χ0v) is 14.5. The number of rotatable bonds is 5. The van der Waals surface area contributed by atoms with E-state index >= 15 is 0 Å². The molecule has 0 aliphatic carbocycles. The second kappa shape index (κ2) is 7.47. The molecule has 0 saturated carbocycles. The van der Waals surface area contributed by atoms with Crippen molar-refractivity contribution >= 4 is 17.7 Å². The van der Waals surface area contributed by atoms with Gasteiger partial charge in [0.05, 0.1) is 0 Å². The minimum Gasteiger partial charge on any atom is -0.352 e. The Morgan fingerprint density at radius 1 is 1.25 bits per heavy atom. The molecular formula is C18H25N3O3. The Balaban J connectivity index is 1.97. The molecule has 6 heteroatoms. The standard InChI is InChI=1S/C18H25N3O3/c1-14(22)20(13-15-7-5-4-6-8-15)11-9-16(23)21-12-10-19-17(24)18(21,2)3/h4-8H,9-13H2,1-3H3,(H,19,24). The Kier molecular flexibility index (Phi) is 5.59. The van der Waals surface area contributed by atoms with Crippen LogP contribution in [0.1, 0.15) is 32.8 Å². The summed E-state index contributed by atoms with van der Waals surface area (Å²) in [6.07, 6.45) is 0.211. The number of nitrogens with one attached hydrogen (secondary N) is 1. The van der Waals surface area contributed by atoms with Gasteiger partial charge in [0.15, 0.2) is 0 Å². The summed E-state index contributed by atoms with van der Waals surface area (Å²) in [6.45, 7) is 6.78. The summed E-state index contributed by atoms with van der Waals surface area (Å²) in [5, 5.41) is 2.78. The number of hydrogen-bond acceptors (Lipinski definition) is 3. The monoisotopic (exact) mass is 331 g/mol.